The first-order valence-corrected chi connectivity index (χ1v) is 1.50. The highest BCUT2D eigenvalue weighted by Gasteiger charge is 1.88. The van der Waals surface area contributed by atoms with Crippen LogP contribution in [0.15, 0.2) is 0 Å². The molecule has 0 unspecified atom stereocenters. The molecule has 0 aromatic heterocycles. The highest BCUT2D eigenvalue weighted by Crippen LogP contribution is 1.97. The summed E-state index contributed by atoms with van der Waals surface area (Å²) in [7, 11) is 0. The standard InChI is InChI=1S/CHFO2S/c2-5-1(3)4/h(H,3,4). The van der Waals surface area contributed by atoms with Crippen LogP contribution in [0, 0.1) is 0 Å². The lowest BCUT2D eigenvalue weighted by Gasteiger charge is -1.66. The van der Waals surface area contributed by atoms with E-state index in [0.717, 1.165) is 0 Å². The van der Waals surface area contributed by atoms with Gasteiger partial charge in [-0.15, -0.1) is 0 Å². The zero-order valence-corrected chi connectivity index (χ0v) is 2.96. The van der Waals surface area contributed by atoms with E-state index in [1.807, 2.05) is 0 Å². The molecule has 0 aliphatic carbocycles. The Labute approximate surface area is 32.3 Å². The van der Waals surface area contributed by atoms with E-state index in [9.17, 15) is 3.89 Å². The van der Waals surface area contributed by atoms with Gasteiger partial charge in [0.2, 0.25) is 0 Å². The van der Waals surface area contributed by atoms with E-state index in [2.05, 4.69) is 0 Å². The second-order valence-corrected chi connectivity index (χ2v) is 0.847. The van der Waals surface area contributed by atoms with Crippen molar-refractivity contribution in [1.29, 1.82) is 0 Å². The largest absolute Gasteiger partial charge is 0.471 e. The second-order valence-electron chi connectivity index (χ2n) is 0.343. The number of hydrogen-bond acceptors (Lipinski definition) is 2. The molecule has 0 fully saturated rings. The van der Waals surface area contributed by atoms with Gasteiger partial charge in [0, 0.05) is 0 Å². The van der Waals surface area contributed by atoms with Crippen molar-refractivity contribution in [2.75, 3.05) is 0 Å². The van der Waals surface area contributed by atoms with E-state index in [0.29, 0.717) is 0 Å². The summed E-state index contributed by atoms with van der Waals surface area (Å²) in [5, 5.41) is 5.81. The summed E-state index contributed by atoms with van der Waals surface area (Å²) >= 11 is -0.704. The molecule has 0 bridgehead atoms. The minimum Gasteiger partial charge on any atom is -0.471 e. The van der Waals surface area contributed by atoms with Crippen LogP contribution in [0.4, 0.5) is 8.68 Å². The van der Waals surface area contributed by atoms with Crippen LogP contribution in [0.1, 0.15) is 0 Å². The Morgan fingerprint density at radius 3 is 2.20 bits per heavy atom. The molecule has 0 radical (unpaired) electrons. The van der Waals surface area contributed by atoms with E-state index >= 15 is 0 Å². The van der Waals surface area contributed by atoms with E-state index in [-0.39, 0.29) is 0 Å². The minimum atomic E-state index is -1.50. The predicted octanol–water partition coefficient (Wildman–Crippen LogP) is 1.28. The van der Waals surface area contributed by atoms with Gasteiger partial charge in [-0.05, 0) is 0 Å². The third-order valence-corrected chi connectivity index (χ3v) is 0.198. The van der Waals surface area contributed by atoms with Crippen molar-refractivity contribution in [3.63, 3.8) is 0 Å². The highest BCUT2D eigenvalue weighted by atomic mass is 32.2. The van der Waals surface area contributed by atoms with Crippen LogP contribution >= 0.6 is 12.1 Å². The van der Waals surface area contributed by atoms with Crippen molar-refractivity contribution in [3.05, 3.63) is 0 Å². The fourth-order valence-corrected chi connectivity index (χ4v) is 0. The van der Waals surface area contributed by atoms with Gasteiger partial charge in [-0.25, -0.2) is 4.79 Å². The van der Waals surface area contributed by atoms with Crippen LogP contribution in [0.5, 0.6) is 0 Å². The maximum atomic E-state index is 10.4. The molecule has 0 aromatic carbocycles. The van der Waals surface area contributed by atoms with Gasteiger partial charge >= 0.3 is 5.30 Å². The average Bonchev–Trinajstić information content (AvgIpc) is 1.38. The minimum absolute atomic E-state index is 0.704. The van der Waals surface area contributed by atoms with Gasteiger partial charge in [-0.1, -0.05) is 0 Å². The van der Waals surface area contributed by atoms with Crippen LogP contribution in [0.3, 0.4) is 0 Å². The van der Waals surface area contributed by atoms with E-state index in [4.69, 9.17) is 9.90 Å². The Kier molecular flexibility index (Phi) is 1.92. The normalized spacial score (nSPS) is 7.40. The van der Waals surface area contributed by atoms with Gasteiger partial charge in [-0.2, -0.15) is 3.89 Å². The van der Waals surface area contributed by atoms with Crippen LogP contribution in [0.2, 0.25) is 0 Å². The fourth-order valence-electron chi connectivity index (χ4n) is 0. The van der Waals surface area contributed by atoms with Crippen molar-refractivity contribution in [2.24, 2.45) is 0 Å². The molecular formula is CHFO2S. The molecule has 0 heterocycles. The number of carboxylic acid groups (broad SMARTS) is 1. The summed E-state index contributed by atoms with van der Waals surface area (Å²) < 4.78 is 10.4. The van der Waals surface area contributed by atoms with Gasteiger partial charge in [-0.3, -0.25) is 0 Å². The van der Waals surface area contributed by atoms with E-state index in [1.54, 1.807) is 0 Å². The number of rotatable bonds is 0. The van der Waals surface area contributed by atoms with Crippen LogP contribution in [-0.2, 0) is 0 Å². The molecular weight excluding hydrogens is 95.1 g/mol. The van der Waals surface area contributed by atoms with E-state index in [1.165, 1.54) is 0 Å². The topological polar surface area (TPSA) is 37.3 Å². The molecule has 0 atom stereocenters. The lowest BCUT2D eigenvalue weighted by Crippen LogP contribution is -1.72. The molecule has 0 spiro atoms. The SMILES string of the molecule is O=C(O)SF. The maximum absolute atomic E-state index is 10.4. The summed E-state index contributed by atoms with van der Waals surface area (Å²) in [6.45, 7) is 0. The Morgan fingerprint density at radius 1 is 2.00 bits per heavy atom. The maximum Gasteiger partial charge on any atom is 0.397 e. The first-order valence-electron chi connectivity index (χ1n) is 0.786. The van der Waals surface area contributed by atoms with Gasteiger partial charge in [0.25, 0.3) is 0 Å². The van der Waals surface area contributed by atoms with Crippen molar-refractivity contribution in [2.45, 2.75) is 0 Å². The third kappa shape index (κ3) is 3.75. The third-order valence-electron chi connectivity index (χ3n) is 0.0660. The molecule has 0 aromatic rings. The molecule has 0 saturated heterocycles. The van der Waals surface area contributed by atoms with Crippen LogP contribution < -0.4 is 0 Å². The quantitative estimate of drug-likeness (QED) is 0.493. The molecule has 0 rings (SSSR count). The number of hydrogen-bond donors (Lipinski definition) is 1. The summed E-state index contributed by atoms with van der Waals surface area (Å²) in [6.07, 6.45) is 0. The molecule has 0 aliphatic rings. The smallest absolute Gasteiger partial charge is 0.397 e. The van der Waals surface area contributed by atoms with Gasteiger partial charge in [0.1, 0.15) is 0 Å². The first kappa shape index (κ1) is 4.75. The zero-order chi connectivity index (χ0) is 4.28. The number of halogens is 1. The monoisotopic (exact) mass is 96.0 g/mol. The summed E-state index contributed by atoms with van der Waals surface area (Å²) in [4.78, 5) is 8.96. The molecule has 30 valence electrons. The number of carbonyl (C=O) groups is 1. The van der Waals surface area contributed by atoms with Crippen molar-refractivity contribution in [1.82, 2.24) is 0 Å². The summed E-state index contributed by atoms with van der Waals surface area (Å²) in [5.74, 6) is 0. The molecule has 4 heteroatoms. The van der Waals surface area contributed by atoms with E-state index < -0.39 is 17.4 Å². The van der Waals surface area contributed by atoms with Gasteiger partial charge in [0.05, 0.1) is 0 Å². The molecule has 0 amide bonds. The average molecular weight is 96.1 g/mol. The Bertz CT molecular complexity index is 44.9. The van der Waals surface area contributed by atoms with Crippen LogP contribution in [-0.4, -0.2) is 10.4 Å². The van der Waals surface area contributed by atoms with Gasteiger partial charge in [0.15, 0.2) is 12.1 Å². The Morgan fingerprint density at radius 2 is 2.20 bits per heavy atom. The van der Waals surface area contributed by atoms with Crippen molar-refractivity contribution < 1.29 is 13.8 Å². The molecule has 0 saturated carbocycles. The molecule has 1 N–H and O–H groups in total. The second kappa shape index (κ2) is 2.02. The Balaban J connectivity index is 2.85. The lowest BCUT2D eigenvalue weighted by atomic mass is 11.6. The zero-order valence-electron chi connectivity index (χ0n) is 2.14. The van der Waals surface area contributed by atoms with Crippen LogP contribution in [0.25, 0.3) is 0 Å². The summed E-state index contributed by atoms with van der Waals surface area (Å²) in [6, 6.07) is 0. The molecule has 0 aliphatic heterocycles. The van der Waals surface area contributed by atoms with Crippen molar-refractivity contribution >= 4 is 17.4 Å². The molecule has 2 nitrogen and oxygen atoms in total. The summed E-state index contributed by atoms with van der Waals surface area (Å²) in [5.41, 5.74) is 0. The predicted molar refractivity (Wildman–Crippen MR) is 16.7 cm³/mol. The first-order chi connectivity index (χ1) is 2.27. The molecule has 5 heavy (non-hydrogen) atoms. The lowest BCUT2D eigenvalue weighted by molar-refractivity contribution is 0.221. The Hall–Kier alpha value is -0.250. The highest BCUT2D eigenvalue weighted by molar-refractivity contribution is 8.08. The fraction of sp³-hybridized carbons (Fsp3) is 0. The van der Waals surface area contributed by atoms with Crippen molar-refractivity contribution in [3.8, 4) is 0 Å². The van der Waals surface area contributed by atoms with Gasteiger partial charge < -0.3 is 5.11 Å².